The minimum atomic E-state index is -4.53. The molecule has 0 bridgehead atoms. The molecule has 2 aromatic rings. The maximum Gasteiger partial charge on any atom is 0.416 e. The summed E-state index contributed by atoms with van der Waals surface area (Å²) in [6, 6.07) is 5.36. The van der Waals surface area contributed by atoms with Crippen molar-refractivity contribution in [2.75, 3.05) is 0 Å². The molecular weight excluding hydrogens is 249 g/mol. The van der Waals surface area contributed by atoms with Gasteiger partial charge in [-0.25, -0.2) is 0 Å². The Morgan fingerprint density at radius 3 is 2.44 bits per heavy atom. The van der Waals surface area contributed by atoms with Crippen molar-refractivity contribution in [2.45, 2.75) is 6.18 Å². The number of rotatable bonds is 2. The van der Waals surface area contributed by atoms with Crippen LogP contribution in [0.3, 0.4) is 0 Å². The van der Waals surface area contributed by atoms with E-state index in [9.17, 15) is 23.3 Å². The van der Waals surface area contributed by atoms with Crippen molar-refractivity contribution in [3.05, 3.63) is 52.2 Å². The Morgan fingerprint density at radius 2 is 1.94 bits per heavy atom. The molecule has 0 radical (unpaired) electrons. The smallest absolute Gasteiger partial charge is 0.361 e. The third kappa shape index (κ3) is 2.20. The van der Waals surface area contributed by atoms with E-state index in [1.54, 1.807) is 6.07 Å². The van der Waals surface area contributed by atoms with Crippen LogP contribution in [0.25, 0.3) is 11.3 Å². The maximum absolute atomic E-state index is 12.6. The fourth-order valence-corrected chi connectivity index (χ4v) is 1.59. The molecule has 0 saturated carbocycles. The van der Waals surface area contributed by atoms with E-state index < -0.39 is 16.7 Å². The number of nitro benzene ring substituents is 1. The number of hydrogen-bond acceptors (Lipinski definition) is 2. The van der Waals surface area contributed by atoms with Crippen LogP contribution < -0.4 is 0 Å². The number of nitrogens with one attached hydrogen (secondary N) is 1. The van der Waals surface area contributed by atoms with Crippen molar-refractivity contribution in [1.29, 1.82) is 0 Å². The summed E-state index contributed by atoms with van der Waals surface area (Å²) in [7, 11) is 0. The number of hydrogen-bond donors (Lipinski definition) is 1. The minimum absolute atomic E-state index is 0.0835. The van der Waals surface area contributed by atoms with Crippen LogP contribution in [0.4, 0.5) is 18.9 Å². The number of nitro groups is 1. The Hall–Kier alpha value is -2.31. The van der Waals surface area contributed by atoms with E-state index in [0.717, 1.165) is 12.1 Å². The van der Waals surface area contributed by atoms with E-state index in [1.807, 2.05) is 0 Å². The molecule has 1 N–H and O–H groups in total. The van der Waals surface area contributed by atoms with Crippen LogP contribution in [-0.2, 0) is 6.18 Å². The van der Waals surface area contributed by atoms with Crippen LogP contribution >= 0.6 is 0 Å². The standard InChI is InChI=1S/C11H7F3N2O2/c12-11(13,14)7-3-4-10(16(17)18)8(6-7)9-2-1-5-15-9/h1-6,15H. The lowest BCUT2D eigenvalue weighted by Crippen LogP contribution is -2.05. The largest absolute Gasteiger partial charge is 0.416 e. The molecule has 2 rings (SSSR count). The predicted molar refractivity (Wildman–Crippen MR) is 57.9 cm³/mol. The van der Waals surface area contributed by atoms with Gasteiger partial charge in [-0.3, -0.25) is 10.1 Å². The van der Waals surface area contributed by atoms with Crippen molar-refractivity contribution in [2.24, 2.45) is 0 Å². The van der Waals surface area contributed by atoms with Gasteiger partial charge in [0, 0.05) is 12.3 Å². The van der Waals surface area contributed by atoms with E-state index in [2.05, 4.69) is 4.98 Å². The molecule has 0 aliphatic rings. The van der Waals surface area contributed by atoms with Gasteiger partial charge >= 0.3 is 6.18 Å². The number of benzene rings is 1. The lowest BCUT2D eigenvalue weighted by atomic mass is 10.1. The molecule has 0 spiro atoms. The highest BCUT2D eigenvalue weighted by Gasteiger charge is 2.32. The molecule has 0 aliphatic carbocycles. The topological polar surface area (TPSA) is 58.9 Å². The SMILES string of the molecule is O=[N+]([O-])c1ccc(C(F)(F)F)cc1-c1ccc[nH]1. The Morgan fingerprint density at radius 1 is 1.22 bits per heavy atom. The number of nitrogens with zero attached hydrogens (tertiary/aromatic N) is 1. The van der Waals surface area contributed by atoms with Crippen LogP contribution in [0.5, 0.6) is 0 Å². The van der Waals surface area contributed by atoms with E-state index in [4.69, 9.17) is 0 Å². The van der Waals surface area contributed by atoms with Crippen LogP contribution in [0, 0.1) is 10.1 Å². The summed E-state index contributed by atoms with van der Waals surface area (Å²) in [6.07, 6.45) is -3.05. The van der Waals surface area contributed by atoms with Gasteiger partial charge in [0.25, 0.3) is 5.69 Å². The molecule has 4 nitrogen and oxygen atoms in total. The van der Waals surface area contributed by atoms with Gasteiger partial charge in [-0.15, -0.1) is 0 Å². The molecule has 0 fully saturated rings. The van der Waals surface area contributed by atoms with Gasteiger partial charge in [0.15, 0.2) is 0 Å². The highest BCUT2D eigenvalue weighted by Crippen LogP contribution is 2.36. The van der Waals surface area contributed by atoms with E-state index in [-0.39, 0.29) is 16.9 Å². The second kappa shape index (κ2) is 4.17. The van der Waals surface area contributed by atoms with Gasteiger partial charge in [-0.05, 0) is 24.3 Å². The van der Waals surface area contributed by atoms with Crippen molar-refractivity contribution < 1.29 is 18.1 Å². The Balaban J connectivity index is 2.63. The molecule has 18 heavy (non-hydrogen) atoms. The quantitative estimate of drug-likeness (QED) is 0.659. The van der Waals surface area contributed by atoms with Crippen LogP contribution in [0.2, 0.25) is 0 Å². The zero-order chi connectivity index (χ0) is 13.3. The van der Waals surface area contributed by atoms with Crippen LogP contribution in [0.1, 0.15) is 5.56 Å². The monoisotopic (exact) mass is 256 g/mol. The van der Waals surface area contributed by atoms with Crippen molar-refractivity contribution >= 4 is 5.69 Å². The minimum Gasteiger partial charge on any atom is -0.361 e. The molecule has 94 valence electrons. The first-order valence-electron chi connectivity index (χ1n) is 4.89. The third-order valence-electron chi connectivity index (χ3n) is 2.41. The Labute approximate surface area is 99.2 Å². The molecule has 0 aliphatic heterocycles. The summed E-state index contributed by atoms with van der Waals surface area (Å²) in [6.45, 7) is 0. The van der Waals surface area contributed by atoms with Gasteiger partial charge in [-0.1, -0.05) is 0 Å². The Kier molecular flexibility index (Phi) is 2.82. The average Bonchev–Trinajstić information content (AvgIpc) is 2.80. The number of aromatic nitrogens is 1. The molecular formula is C11H7F3N2O2. The van der Waals surface area contributed by atoms with Crippen molar-refractivity contribution in [1.82, 2.24) is 4.98 Å². The molecule has 0 atom stereocenters. The molecule has 0 amide bonds. The van der Waals surface area contributed by atoms with Crippen LogP contribution in [0.15, 0.2) is 36.5 Å². The first-order valence-corrected chi connectivity index (χ1v) is 4.89. The second-order valence-electron chi connectivity index (χ2n) is 3.57. The van der Waals surface area contributed by atoms with Crippen LogP contribution in [-0.4, -0.2) is 9.91 Å². The number of alkyl halides is 3. The highest BCUT2D eigenvalue weighted by molar-refractivity contribution is 5.71. The van der Waals surface area contributed by atoms with E-state index in [0.29, 0.717) is 6.07 Å². The summed E-state index contributed by atoms with van der Waals surface area (Å²) in [4.78, 5) is 12.7. The molecule has 7 heteroatoms. The first kappa shape index (κ1) is 12.2. The zero-order valence-electron chi connectivity index (χ0n) is 8.86. The Bertz CT molecular complexity index is 576. The van der Waals surface area contributed by atoms with Crippen molar-refractivity contribution in [3.8, 4) is 11.3 Å². The third-order valence-corrected chi connectivity index (χ3v) is 2.41. The summed E-state index contributed by atoms with van der Waals surface area (Å²) in [5.41, 5.74) is -1.10. The van der Waals surface area contributed by atoms with Crippen molar-refractivity contribution in [3.63, 3.8) is 0 Å². The summed E-state index contributed by atoms with van der Waals surface area (Å²) in [5, 5.41) is 10.8. The van der Waals surface area contributed by atoms with E-state index >= 15 is 0 Å². The average molecular weight is 256 g/mol. The summed E-state index contributed by atoms with van der Waals surface area (Å²) < 4.78 is 37.7. The lowest BCUT2D eigenvalue weighted by Gasteiger charge is -2.08. The molecule has 0 saturated heterocycles. The number of halogens is 3. The number of H-pyrrole nitrogens is 1. The van der Waals surface area contributed by atoms with E-state index in [1.165, 1.54) is 12.3 Å². The zero-order valence-corrected chi connectivity index (χ0v) is 8.86. The van der Waals surface area contributed by atoms with Gasteiger partial charge < -0.3 is 4.98 Å². The van der Waals surface area contributed by atoms with Gasteiger partial charge in [0.05, 0.1) is 21.7 Å². The fourth-order valence-electron chi connectivity index (χ4n) is 1.59. The van der Waals surface area contributed by atoms with Gasteiger partial charge in [-0.2, -0.15) is 13.2 Å². The normalized spacial score (nSPS) is 11.5. The molecule has 1 aromatic heterocycles. The molecule has 0 unspecified atom stereocenters. The van der Waals surface area contributed by atoms with Gasteiger partial charge in [0.2, 0.25) is 0 Å². The molecule has 1 heterocycles. The molecule has 1 aromatic carbocycles. The number of aromatic amines is 1. The summed E-state index contributed by atoms with van der Waals surface area (Å²) >= 11 is 0. The lowest BCUT2D eigenvalue weighted by molar-refractivity contribution is -0.384. The predicted octanol–water partition coefficient (Wildman–Crippen LogP) is 3.61. The second-order valence-corrected chi connectivity index (χ2v) is 3.57. The van der Waals surface area contributed by atoms with Gasteiger partial charge in [0.1, 0.15) is 0 Å². The maximum atomic E-state index is 12.6. The highest BCUT2D eigenvalue weighted by atomic mass is 19.4. The first-order chi connectivity index (χ1) is 8.39. The fraction of sp³-hybridized carbons (Fsp3) is 0.0909. The summed E-state index contributed by atoms with van der Waals surface area (Å²) in [5.74, 6) is 0.